The molecule has 0 radical (unpaired) electrons. The van der Waals surface area contributed by atoms with E-state index in [2.05, 4.69) is 39.6 Å². The summed E-state index contributed by atoms with van der Waals surface area (Å²) in [6, 6.07) is 0. The zero-order valence-electron chi connectivity index (χ0n) is 11.6. The van der Waals surface area contributed by atoms with Crippen molar-refractivity contribution in [3.05, 3.63) is 0 Å². The molecule has 3 nitrogen and oxygen atoms in total. The molecule has 0 saturated heterocycles. The molecule has 0 rings (SSSR count). The average Bonchev–Trinajstić information content (AvgIpc) is 2.25. The van der Waals surface area contributed by atoms with Gasteiger partial charge in [0.1, 0.15) is 0 Å². The van der Waals surface area contributed by atoms with Crippen LogP contribution in [-0.2, 0) is 4.74 Å². The monoisotopic (exact) mass is 231 g/mol. The Morgan fingerprint density at radius 2 is 1.81 bits per heavy atom. The van der Waals surface area contributed by atoms with Crippen LogP contribution in [0.15, 0.2) is 0 Å². The van der Waals surface area contributed by atoms with Crippen LogP contribution in [0.4, 0.5) is 0 Å². The number of hydrogen-bond donors (Lipinski definition) is 1. The van der Waals surface area contributed by atoms with Crippen LogP contribution >= 0.6 is 0 Å². The van der Waals surface area contributed by atoms with Gasteiger partial charge in [-0.15, -0.1) is 0 Å². The van der Waals surface area contributed by atoms with Crippen LogP contribution in [0.1, 0.15) is 40.5 Å². The molecule has 0 fully saturated rings. The predicted octanol–water partition coefficient (Wildman–Crippen LogP) is 2.14. The Hall–Kier alpha value is -0.120. The Balaban J connectivity index is 3.95. The van der Waals surface area contributed by atoms with Gasteiger partial charge >= 0.3 is 0 Å². The van der Waals surface area contributed by atoms with Crippen molar-refractivity contribution in [2.75, 3.05) is 33.4 Å². The average molecular weight is 231 g/mol. The molecule has 98 valence electrons. The van der Waals surface area contributed by atoms with Crippen LogP contribution in [-0.4, -0.2) is 49.5 Å². The second-order valence-electron chi connectivity index (χ2n) is 5.02. The molecule has 0 aliphatic carbocycles. The number of aliphatic hydroxyl groups excluding tert-OH is 1. The Morgan fingerprint density at radius 1 is 1.25 bits per heavy atom. The van der Waals surface area contributed by atoms with Crippen molar-refractivity contribution in [2.24, 2.45) is 5.41 Å². The number of likely N-dealkylation sites (N-methyl/N-ethyl adjacent to an activating group) is 1. The largest absolute Gasteiger partial charge is 0.396 e. The highest BCUT2D eigenvalue weighted by atomic mass is 16.5. The van der Waals surface area contributed by atoms with Crippen molar-refractivity contribution in [1.29, 1.82) is 0 Å². The second-order valence-corrected chi connectivity index (χ2v) is 5.02. The van der Waals surface area contributed by atoms with Gasteiger partial charge < -0.3 is 14.7 Å². The van der Waals surface area contributed by atoms with E-state index >= 15 is 0 Å². The SMILES string of the molecule is CCC(CC)(CO)CN(C)CCOC(C)C. The molecular formula is C13H29NO2. The fourth-order valence-corrected chi connectivity index (χ4v) is 1.84. The normalized spacial score (nSPS) is 12.8. The van der Waals surface area contributed by atoms with Crippen molar-refractivity contribution >= 4 is 0 Å². The molecule has 0 heterocycles. The van der Waals surface area contributed by atoms with Crippen molar-refractivity contribution in [2.45, 2.75) is 46.6 Å². The summed E-state index contributed by atoms with van der Waals surface area (Å²) < 4.78 is 5.52. The van der Waals surface area contributed by atoms with E-state index in [4.69, 9.17) is 4.74 Å². The summed E-state index contributed by atoms with van der Waals surface area (Å²) in [4.78, 5) is 2.26. The van der Waals surface area contributed by atoms with Gasteiger partial charge in [0.05, 0.1) is 12.7 Å². The van der Waals surface area contributed by atoms with Gasteiger partial charge in [-0.25, -0.2) is 0 Å². The highest BCUT2D eigenvalue weighted by molar-refractivity contribution is 4.78. The maximum absolute atomic E-state index is 9.48. The lowest BCUT2D eigenvalue weighted by Crippen LogP contribution is -2.39. The molecule has 1 N–H and O–H groups in total. The Bertz CT molecular complexity index is 159. The predicted molar refractivity (Wildman–Crippen MR) is 68.7 cm³/mol. The molecule has 0 aromatic rings. The van der Waals surface area contributed by atoms with E-state index in [-0.39, 0.29) is 12.0 Å². The number of hydrogen-bond acceptors (Lipinski definition) is 3. The van der Waals surface area contributed by atoms with Gasteiger partial charge in [-0.05, 0) is 33.7 Å². The van der Waals surface area contributed by atoms with Gasteiger partial charge in [-0.3, -0.25) is 0 Å². The van der Waals surface area contributed by atoms with Gasteiger partial charge in [0.25, 0.3) is 0 Å². The lowest BCUT2D eigenvalue weighted by Gasteiger charge is -2.34. The van der Waals surface area contributed by atoms with E-state index < -0.39 is 0 Å². The summed E-state index contributed by atoms with van der Waals surface area (Å²) in [6.45, 7) is 11.3. The van der Waals surface area contributed by atoms with E-state index in [1.54, 1.807) is 0 Å². The number of ether oxygens (including phenoxy) is 1. The first-order valence-electron chi connectivity index (χ1n) is 6.40. The van der Waals surface area contributed by atoms with Gasteiger partial charge in [0, 0.05) is 25.1 Å². The fourth-order valence-electron chi connectivity index (χ4n) is 1.84. The standard InChI is InChI=1S/C13H29NO2/c1-6-13(7-2,11-15)10-14(5)8-9-16-12(3)4/h12,15H,6-11H2,1-5H3. The molecule has 0 bridgehead atoms. The summed E-state index contributed by atoms with van der Waals surface area (Å²) in [5.74, 6) is 0. The highest BCUT2D eigenvalue weighted by Gasteiger charge is 2.26. The van der Waals surface area contributed by atoms with E-state index in [1.807, 2.05) is 0 Å². The highest BCUT2D eigenvalue weighted by Crippen LogP contribution is 2.26. The first-order valence-corrected chi connectivity index (χ1v) is 6.40. The summed E-state index contributed by atoms with van der Waals surface area (Å²) >= 11 is 0. The zero-order valence-corrected chi connectivity index (χ0v) is 11.6. The molecule has 0 spiro atoms. The molecule has 0 amide bonds. The van der Waals surface area contributed by atoms with E-state index in [9.17, 15) is 5.11 Å². The number of aliphatic hydroxyl groups is 1. The van der Waals surface area contributed by atoms with E-state index in [0.717, 1.165) is 32.5 Å². The van der Waals surface area contributed by atoms with Gasteiger partial charge in [-0.2, -0.15) is 0 Å². The summed E-state index contributed by atoms with van der Waals surface area (Å²) in [5, 5.41) is 9.48. The molecule has 3 heteroatoms. The quantitative estimate of drug-likeness (QED) is 0.660. The molecule has 0 atom stereocenters. The number of nitrogens with zero attached hydrogens (tertiary/aromatic N) is 1. The summed E-state index contributed by atoms with van der Waals surface area (Å²) in [6.07, 6.45) is 2.35. The van der Waals surface area contributed by atoms with Crippen molar-refractivity contribution < 1.29 is 9.84 Å². The van der Waals surface area contributed by atoms with Crippen LogP contribution in [0.25, 0.3) is 0 Å². The lowest BCUT2D eigenvalue weighted by molar-refractivity contribution is 0.0378. The maximum atomic E-state index is 9.48. The number of rotatable bonds is 9. The minimum Gasteiger partial charge on any atom is -0.396 e. The Kier molecular flexibility index (Phi) is 7.98. The van der Waals surface area contributed by atoms with Crippen LogP contribution in [0.3, 0.4) is 0 Å². The van der Waals surface area contributed by atoms with E-state index in [0.29, 0.717) is 6.10 Å². The van der Waals surface area contributed by atoms with Crippen LogP contribution in [0.2, 0.25) is 0 Å². The fraction of sp³-hybridized carbons (Fsp3) is 1.00. The maximum Gasteiger partial charge on any atom is 0.0596 e. The molecule has 0 aliphatic heterocycles. The Labute approximate surface area is 101 Å². The summed E-state index contributed by atoms with van der Waals surface area (Å²) in [5.41, 5.74) is 0.0621. The third-order valence-electron chi connectivity index (χ3n) is 3.36. The molecule has 0 aliphatic rings. The minimum absolute atomic E-state index is 0.0621. The van der Waals surface area contributed by atoms with Crippen molar-refractivity contribution in [1.82, 2.24) is 4.90 Å². The third-order valence-corrected chi connectivity index (χ3v) is 3.36. The van der Waals surface area contributed by atoms with Crippen molar-refractivity contribution in [3.8, 4) is 0 Å². The molecule has 0 unspecified atom stereocenters. The first-order chi connectivity index (χ1) is 7.49. The first kappa shape index (κ1) is 15.9. The lowest BCUT2D eigenvalue weighted by atomic mass is 9.83. The summed E-state index contributed by atoms with van der Waals surface area (Å²) in [7, 11) is 2.10. The molecule has 16 heavy (non-hydrogen) atoms. The molecule has 0 saturated carbocycles. The smallest absolute Gasteiger partial charge is 0.0596 e. The zero-order chi connectivity index (χ0) is 12.6. The van der Waals surface area contributed by atoms with E-state index in [1.165, 1.54) is 0 Å². The second kappa shape index (κ2) is 8.04. The topological polar surface area (TPSA) is 32.7 Å². The van der Waals surface area contributed by atoms with Crippen LogP contribution in [0.5, 0.6) is 0 Å². The van der Waals surface area contributed by atoms with Crippen LogP contribution in [0, 0.1) is 5.41 Å². The molecular weight excluding hydrogens is 202 g/mol. The van der Waals surface area contributed by atoms with Gasteiger partial charge in [-0.1, -0.05) is 13.8 Å². The Morgan fingerprint density at radius 3 is 2.19 bits per heavy atom. The van der Waals surface area contributed by atoms with Gasteiger partial charge in [0.15, 0.2) is 0 Å². The molecule has 0 aromatic carbocycles. The minimum atomic E-state index is 0.0621. The third kappa shape index (κ3) is 5.83. The molecule has 0 aromatic heterocycles. The van der Waals surface area contributed by atoms with Crippen molar-refractivity contribution in [3.63, 3.8) is 0 Å². The van der Waals surface area contributed by atoms with Gasteiger partial charge in [0.2, 0.25) is 0 Å². The van der Waals surface area contributed by atoms with Crippen LogP contribution < -0.4 is 0 Å².